The largest absolute Gasteiger partial charge is 0.465 e. The van der Waals surface area contributed by atoms with Crippen LogP contribution in [0.4, 0.5) is 0 Å². The lowest BCUT2D eigenvalue weighted by atomic mass is 9.41. The number of methoxy groups -OCH3 is 1. The lowest BCUT2D eigenvalue weighted by Gasteiger charge is -2.64. The van der Waals surface area contributed by atoms with Gasteiger partial charge in [0, 0.05) is 0 Å². The molecule has 0 aliphatic heterocycles. The van der Waals surface area contributed by atoms with E-state index in [0.717, 1.165) is 37.7 Å². The van der Waals surface area contributed by atoms with E-state index in [4.69, 9.17) is 4.74 Å². The summed E-state index contributed by atoms with van der Waals surface area (Å²) in [6.07, 6.45) is 13.8. The van der Waals surface area contributed by atoms with E-state index in [0.29, 0.717) is 47.0 Å². The van der Waals surface area contributed by atoms with Crippen LogP contribution in [0.5, 0.6) is 0 Å². The quantitative estimate of drug-likeness (QED) is 0.390. The van der Waals surface area contributed by atoms with Crippen molar-refractivity contribution in [2.45, 2.75) is 97.7 Å². The highest BCUT2D eigenvalue weighted by atomic mass is 16.5. The monoisotopic (exact) mass is 522 g/mol. The molecule has 0 bridgehead atoms. The Morgan fingerprint density at radius 1 is 1.05 bits per heavy atom. The first-order chi connectivity index (χ1) is 18.2. The van der Waals surface area contributed by atoms with Crippen molar-refractivity contribution in [2.24, 2.45) is 52.3 Å². The molecule has 0 saturated heterocycles. The van der Waals surface area contributed by atoms with Gasteiger partial charge in [-0.1, -0.05) is 64.5 Å². The smallest absolute Gasteiger partial charge is 0.338 e. The summed E-state index contributed by atoms with van der Waals surface area (Å²) in [5.41, 5.74) is 2.06. The van der Waals surface area contributed by atoms with Crippen LogP contribution in [0.2, 0.25) is 0 Å². The summed E-state index contributed by atoms with van der Waals surface area (Å²) in [4.78, 5) is 12.2. The molecule has 4 aliphatic rings. The van der Waals surface area contributed by atoms with Gasteiger partial charge in [-0.2, -0.15) is 0 Å². The molecule has 38 heavy (non-hydrogen) atoms. The molecule has 0 aromatic heterocycles. The van der Waals surface area contributed by atoms with Gasteiger partial charge in [0.1, 0.15) is 0 Å². The Morgan fingerprint density at radius 2 is 1.76 bits per heavy atom. The number of esters is 1. The van der Waals surface area contributed by atoms with Crippen LogP contribution in [0.1, 0.15) is 101 Å². The highest BCUT2D eigenvalue weighted by Crippen LogP contribution is 2.69. The molecule has 1 aromatic carbocycles. The number of hydrogen-bond acceptors (Lipinski definition) is 4. The molecule has 4 heteroatoms. The summed E-state index contributed by atoms with van der Waals surface area (Å²) >= 11 is 0. The van der Waals surface area contributed by atoms with Crippen molar-refractivity contribution in [1.29, 1.82) is 0 Å². The average Bonchev–Trinajstić information content (AvgIpc) is 3.27. The lowest BCUT2D eigenvalue weighted by molar-refractivity contribution is -0.203. The van der Waals surface area contributed by atoms with Crippen LogP contribution in [0.3, 0.4) is 0 Å². The van der Waals surface area contributed by atoms with Gasteiger partial charge in [0.15, 0.2) is 0 Å². The standard InChI is InChI=1S/C34H50O4/c1-6-24-29-20-23(35)16-18-34(29,4)28-17-19-33(3)26(14-15-27(33)30(28)31(24)36)21(2)10-9-12-22-11-7-8-13-25(22)32(37)38-5/h7-9,11-13,21,23-24,26-31,35-36H,6,10,14-20H2,1-5H3/b12-9+/t21-,23-,24-,26-,27?,28?,29+,30?,31-,33-,34-/m1/s1. The fraction of sp³-hybridized carbons (Fsp3) is 0.735. The van der Waals surface area contributed by atoms with Gasteiger partial charge in [-0.15, -0.1) is 0 Å². The molecule has 210 valence electrons. The second kappa shape index (κ2) is 10.7. The number of hydrogen-bond donors (Lipinski definition) is 2. The number of carbonyl (C=O) groups excluding carboxylic acids is 1. The van der Waals surface area contributed by atoms with Crippen molar-refractivity contribution in [3.8, 4) is 0 Å². The van der Waals surface area contributed by atoms with E-state index in [1.807, 2.05) is 24.3 Å². The third kappa shape index (κ3) is 4.48. The van der Waals surface area contributed by atoms with E-state index in [1.54, 1.807) is 0 Å². The minimum atomic E-state index is -0.291. The van der Waals surface area contributed by atoms with Crippen molar-refractivity contribution < 1.29 is 19.7 Å². The number of rotatable bonds is 6. The maximum atomic E-state index is 12.2. The lowest BCUT2D eigenvalue weighted by Crippen LogP contribution is -2.62. The topological polar surface area (TPSA) is 66.8 Å². The van der Waals surface area contributed by atoms with Crippen LogP contribution in [-0.4, -0.2) is 35.5 Å². The minimum Gasteiger partial charge on any atom is -0.465 e. The number of benzene rings is 1. The van der Waals surface area contributed by atoms with Crippen LogP contribution in [-0.2, 0) is 4.74 Å². The van der Waals surface area contributed by atoms with E-state index in [-0.39, 0.29) is 29.0 Å². The highest BCUT2D eigenvalue weighted by Gasteiger charge is 2.64. The Kier molecular flexibility index (Phi) is 7.88. The summed E-state index contributed by atoms with van der Waals surface area (Å²) in [7, 11) is 1.43. The first kappa shape index (κ1) is 27.9. The average molecular weight is 523 g/mol. The van der Waals surface area contributed by atoms with Crippen LogP contribution in [0.25, 0.3) is 6.08 Å². The third-order valence-corrected chi connectivity index (χ3v) is 12.3. The summed E-state index contributed by atoms with van der Waals surface area (Å²) in [6, 6.07) is 7.65. The maximum absolute atomic E-state index is 12.2. The van der Waals surface area contributed by atoms with E-state index < -0.39 is 0 Å². The number of fused-ring (bicyclic) bond motifs is 5. The second-order valence-electron chi connectivity index (χ2n) is 13.8. The zero-order valence-electron chi connectivity index (χ0n) is 24.2. The van der Waals surface area contributed by atoms with Crippen molar-refractivity contribution in [3.05, 3.63) is 41.5 Å². The molecular weight excluding hydrogens is 472 g/mol. The molecule has 3 unspecified atom stereocenters. The van der Waals surface area contributed by atoms with Crippen molar-refractivity contribution in [1.82, 2.24) is 0 Å². The van der Waals surface area contributed by atoms with Gasteiger partial charge in [0.2, 0.25) is 0 Å². The summed E-state index contributed by atoms with van der Waals surface area (Å²) in [6.45, 7) is 9.73. The molecule has 5 rings (SSSR count). The number of allylic oxidation sites excluding steroid dienone is 1. The van der Waals surface area contributed by atoms with Gasteiger partial charge in [-0.05, 0) is 115 Å². The summed E-state index contributed by atoms with van der Waals surface area (Å²) in [5.74, 6) is 3.25. The highest BCUT2D eigenvalue weighted by molar-refractivity contribution is 5.93. The zero-order chi connectivity index (χ0) is 27.2. The van der Waals surface area contributed by atoms with Crippen molar-refractivity contribution >= 4 is 12.0 Å². The number of aliphatic hydroxyl groups is 2. The normalized spacial score (nSPS) is 43.2. The van der Waals surface area contributed by atoms with E-state index in [2.05, 4.69) is 39.8 Å². The molecule has 4 nitrogen and oxygen atoms in total. The van der Waals surface area contributed by atoms with Crippen LogP contribution in [0.15, 0.2) is 30.3 Å². The van der Waals surface area contributed by atoms with E-state index in [1.165, 1.54) is 32.8 Å². The Hall–Kier alpha value is -1.65. The predicted molar refractivity (Wildman–Crippen MR) is 152 cm³/mol. The van der Waals surface area contributed by atoms with Gasteiger partial charge in [0.05, 0.1) is 24.9 Å². The first-order valence-electron chi connectivity index (χ1n) is 15.4. The number of ether oxygens (including phenoxy) is 1. The second-order valence-corrected chi connectivity index (χ2v) is 13.8. The molecule has 4 fully saturated rings. The molecule has 2 N–H and O–H groups in total. The van der Waals surface area contributed by atoms with Crippen LogP contribution < -0.4 is 0 Å². The van der Waals surface area contributed by atoms with Gasteiger partial charge < -0.3 is 14.9 Å². The number of aliphatic hydroxyl groups excluding tert-OH is 2. The van der Waals surface area contributed by atoms with Gasteiger partial charge in [-0.3, -0.25) is 0 Å². The molecule has 4 aliphatic carbocycles. The molecule has 4 saturated carbocycles. The fourth-order valence-electron chi connectivity index (χ4n) is 10.4. The zero-order valence-corrected chi connectivity index (χ0v) is 24.2. The van der Waals surface area contributed by atoms with Gasteiger partial charge in [0.25, 0.3) is 0 Å². The van der Waals surface area contributed by atoms with Crippen molar-refractivity contribution in [2.75, 3.05) is 7.11 Å². The molecule has 0 spiro atoms. The van der Waals surface area contributed by atoms with E-state index in [9.17, 15) is 15.0 Å². The SMILES string of the molecule is CC[C@H]1[C@@H](O)C2C3CC[C@H]([C@H](C)C/C=C/c4ccccc4C(=O)OC)[C@@]3(C)CCC2[C@@]2(C)CC[C@@H](O)C[C@@H]12. The Bertz CT molecular complexity index is 1030. The van der Waals surface area contributed by atoms with Gasteiger partial charge in [-0.25, -0.2) is 4.79 Å². The van der Waals surface area contributed by atoms with Gasteiger partial charge >= 0.3 is 5.97 Å². The maximum Gasteiger partial charge on any atom is 0.338 e. The minimum absolute atomic E-state index is 0.191. The van der Waals surface area contributed by atoms with Crippen LogP contribution in [0, 0.1) is 52.3 Å². The molecule has 11 atom stereocenters. The molecule has 1 aromatic rings. The predicted octanol–water partition coefficient (Wildman–Crippen LogP) is 7.14. The Labute approximate surface area is 230 Å². The molecular formula is C34H50O4. The Morgan fingerprint density at radius 3 is 2.50 bits per heavy atom. The molecule has 0 radical (unpaired) electrons. The third-order valence-electron chi connectivity index (χ3n) is 12.3. The summed E-state index contributed by atoms with van der Waals surface area (Å²) in [5, 5.41) is 22.5. The van der Waals surface area contributed by atoms with E-state index >= 15 is 0 Å². The molecule has 0 amide bonds. The molecule has 0 heterocycles. The fourth-order valence-corrected chi connectivity index (χ4v) is 10.4. The Balaban J connectivity index is 1.33. The first-order valence-corrected chi connectivity index (χ1v) is 15.4. The van der Waals surface area contributed by atoms with Crippen molar-refractivity contribution in [3.63, 3.8) is 0 Å². The number of carbonyl (C=O) groups is 1. The van der Waals surface area contributed by atoms with Crippen LogP contribution >= 0.6 is 0 Å². The summed E-state index contributed by atoms with van der Waals surface area (Å²) < 4.78 is 4.97.